The molecule has 35 heavy (non-hydrogen) atoms. The molecular formula is C19H12F12O2STe. The fourth-order valence-corrected chi connectivity index (χ4v) is 9.14. The molecular weight excluding hydrogens is 648 g/mol. The van der Waals surface area contributed by atoms with Gasteiger partial charge in [-0.1, -0.05) is 0 Å². The van der Waals surface area contributed by atoms with Crippen LogP contribution in [0.15, 0.2) is 59.5 Å². The van der Waals surface area contributed by atoms with Crippen LogP contribution in [-0.4, -0.2) is 64.7 Å². The van der Waals surface area contributed by atoms with E-state index in [9.17, 15) is 62.9 Å². The molecule has 2 rings (SSSR count). The van der Waals surface area contributed by atoms with Crippen LogP contribution in [0.25, 0.3) is 0 Å². The van der Waals surface area contributed by atoms with Crippen LogP contribution in [0.1, 0.15) is 5.56 Å². The van der Waals surface area contributed by atoms with Gasteiger partial charge < -0.3 is 0 Å². The van der Waals surface area contributed by atoms with Crippen molar-refractivity contribution >= 4 is 36.3 Å². The van der Waals surface area contributed by atoms with Crippen molar-refractivity contribution in [3.8, 4) is 0 Å². The van der Waals surface area contributed by atoms with E-state index >= 15 is 0 Å². The van der Waals surface area contributed by atoms with Crippen LogP contribution in [0.3, 0.4) is 0 Å². The van der Waals surface area contributed by atoms with Crippen molar-refractivity contribution in [3.63, 3.8) is 0 Å². The summed E-state index contributed by atoms with van der Waals surface area (Å²) in [5.41, 5.74) is -13.0. The Morgan fingerprint density at radius 1 is 0.600 bits per heavy atom. The summed E-state index contributed by atoms with van der Waals surface area (Å²) >= 11 is -3.60. The molecule has 0 aliphatic rings. The number of halogens is 12. The number of alkyl halides is 12. The molecule has 0 heterocycles. The molecule has 1 atom stereocenters. The van der Waals surface area contributed by atoms with Gasteiger partial charge in [-0.3, -0.25) is 0 Å². The molecule has 2 aromatic carbocycles. The fraction of sp³-hybridized carbons (Fsp3) is 0.368. The Bertz CT molecular complexity index is 974. The maximum atomic E-state index is 13.6. The van der Waals surface area contributed by atoms with Crippen molar-refractivity contribution in [2.45, 2.75) is 44.1 Å². The molecule has 0 amide bonds. The third-order valence-corrected chi connectivity index (χ3v) is 10.4. The quantitative estimate of drug-likeness (QED) is 0.251. The Labute approximate surface area is 203 Å². The second kappa shape index (κ2) is 9.85. The zero-order valence-electron chi connectivity index (χ0n) is 16.5. The van der Waals surface area contributed by atoms with Gasteiger partial charge in [-0.25, -0.2) is 0 Å². The molecule has 0 aliphatic carbocycles. The van der Waals surface area contributed by atoms with Crippen molar-refractivity contribution in [2.24, 2.45) is 0 Å². The van der Waals surface area contributed by atoms with Crippen LogP contribution in [0.5, 0.6) is 0 Å². The van der Waals surface area contributed by atoms with Gasteiger partial charge >= 0.3 is 203 Å². The van der Waals surface area contributed by atoms with Crippen LogP contribution in [0.4, 0.5) is 52.7 Å². The van der Waals surface area contributed by atoms with Gasteiger partial charge in [-0.15, -0.1) is 0 Å². The van der Waals surface area contributed by atoms with Crippen LogP contribution < -0.4 is 3.61 Å². The summed E-state index contributed by atoms with van der Waals surface area (Å²) in [6.07, 6.45) is -25.7. The predicted molar refractivity (Wildman–Crippen MR) is 101 cm³/mol. The Hall–Kier alpha value is -1.34. The molecule has 0 fully saturated rings. The van der Waals surface area contributed by atoms with Gasteiger partial charge in [0.05, 0.1) is 0 Å². The summed E-state index contributed by atoms with van der Waals surface area (Å²) < 4.78 is 158. The van der Waals surface area contributed by atoms with E-state index in [4.69, 9.17) is 0 Å². The SMILES string of the molecule is OC(c1ccccc1[Te]C(Sc1ccccc1)C(O)(C(F)(F)F)C(F)(F)F)(C(F)(F)F)C(F)(F)F. The first kappa shape index (κ1) is 29.9. The number of rotatable bonds is 6. The van der Waals surface area contributed by atoms with Crippen molar-refractivity contribution < 1.29 is 62.9 Å². The van der Waals surface area contributed by atoms with E-state index in [0.717, 1.165) is 18.2 Å². The molecule has 0 spiro atoms. The molecule has 0 saturated carbocycles. The zero-order valence-corrected chi connectivity index (χ0v) is 19.7. The molecule has 2 N–H and O–H groups in total. The van der Waals surface area contributed by atoms with Gasteiger partial charge in [0.15, 0.2) is 0 Å². The van der Waals surface area contributed by atoms with E-state index in [-0.39, 0.29) is 22.7 Å². The molecule has 0 radical (unpaired) electrons. The standard InChI is InChI=1S/C19H12F12O2STe/c20-16(21,22)14(32,17(23,24)25)11-8-4-5-9-12(11)35-13(34-10-6-2-1-3-7-10)15(33,18(26,27)28)19(29,30)31/h1-9,13,32-33H. The maximum absolute atomic E-state index is 13.6. The van der Waals surface area contributed by atoms with Crippen LogP contribution >= 0.6 is 11.8 Å². The summed E-state index contributed by atoms with van der Waals surface area (Å²) in [6, 6.07) is 7.83. The summed E-state index contributed by atoms with van der Waals surface area (Å²) in [5, 5.41) is 19.7. The first-order valence-corrected chi connectivity index (χ1v) is 12.3. The van der Waals surface area contributed by atoms with Gasteiger partial charge in [0.1, 0.15) is 0 Å². The van der Waals surface area contributed by atoms with Gasteiger partial charge in [0.25, 0.3) is 0 Å². The Morgan fingerprint density at radius 2 is 1.03 bits per heavy atom. The zero-order chi connectivity index (χ0) is 27.1. The predicted octanol–water partition coefficient (Wildman–Crippen LogP) is 5.30. The number of benzene rings is 2. The number of hydrogen-bond acceptors (Lipinski definition) is 3. The van der Waals surface area contributed by atoms with E-state index < -0.39 is 69.3 Å². The van der Waals surface area contributed by atoms with E-state index in [2.05, 4.69) is 0 Å². The van der Waals surface area contributed by atoms with E-state index in [1.165, 1.54) is 18.2 Å². The summed E-state index contributed by atoms with van der Waals surface area (Å²) in [6.45, 7) is 0. The fourth-order valence-electron chi connectivity index (χ4n) is 2.69. The molecule has 0 saturated heterocycles. The second-order valence-electron chi connectivity index (χ2n) is 6.84. The van der Waals surface area contributed by atoms with Crippen molar-refractivity contribution in [1.82, 2.24) is 0 Å². The molecule has 196 valence electrons. The Morgan fingerprint density at radius 3 is 1.46 bits per heavy atom. The normalized spacial score (nSPS) is 15.3. The van der Waals surface area contributed by atoms with E-state index in [1.54, 1.807) is 0 Å². The van der Waals surface area contributed by atoms with Crippen LogP contribution in [0, 0.1) is 0 Å². The van der Waals surface area contributed by atoms with Crippen molar-refractivity contribution in [2.75, 3.05) is 0 Å². The summed E-state index contributed by atoms with van der Waals surface area (Å²) in [7, 11) is 0. The third-order valence-electron chi connectivity index (χ3n) is 4.52. The molecule has 0 aromatic heterocycles. The first-order valence-electron chi connectivity index (χ1n) is 8.87. The molecule has 2 nitrogen and oxygen atoms in total. The molecule has 2 aromatic rings. The molecule has 1 unspecified atom stereocenters. The summed E-state index contributed by atoms with van der Waals surface area (Å²) in [4.78, 5) is -0.270. The molecule has 16 heteroatoms. The number of hydrogen-bond donors (Lipinski definition) is 2. The minimum absolute atomic E-state index is 0.117. The van der Waals surface area contributed by atoms with E-state index in [1.807, 2.05) is 0 Å². The van der Waals surface area contributed by atoms with Gasteiger partial charge in [-0.2, -0.15) is 0 Å². The van der Waals surface area contributed by atoms with Gasteiger partial charge in [0.2, 0.25) is 0 Å². The Balaban J connectivity index is 2.78. The average molecular weight is 660 g/mol. The van der Waals surface area contributed by atoms with Crippen molar-refractivity contribution in [3.05, 3.63) is 60.2 Å². The molecule has 0 bridgehead atoms. The average Bonchev–Trinajstić information content (AvgIpc) is 2.70. The second-order valence-corrected chi connectivity index (χ2v) is 12.2. The minimum atomic E-state index is -6.43. The van der Waals surface area contributed by atoms with Crippen molar-refractivity contribution in [1.29, 1.82) is 0 Å². The number of thioether (sulfide) groups is 1. The van der Waals surface area contributed by atoms with E-state index in [0.29, 0.717) is 12.1 Å². The third kappa shape index (κ3) is 5.66. The Kier molecular flexibility index (Phi) is 8.41. The van der Waals surface area contributed by atoms with Gasteiger partial charge in [-0.05, 0) is 0 Å². The first-order chi connectivity index (χ1) is 15.7. The molecule has 0 aliphatic heterocycles. The topological polar surface area (TPSA) is 40.5 Å². The van der Waals surface area contributed by atoms with Gasteiger partial charge in [0, 0.05) is 0 Å². The summed E-state index contributed by atoms with van der Waals surface area (Å²) in [5.74, 6) is 0. The monoisotopic (exact) mass is 662 g/mol. The van der Waals surface area contributed by atoms with Crippen LogP contribution in [0.2, 0.25) is 0 Å². The van der Waals surface area contributed by atoms with Crippen LogP contribution in [-0.2, 0) is 5.60 Å². The number of aliphatic hydroxyl groups is 2.